The van der Waals surface area contributed by atoms with Gasteiger partial charge in [-0.25, -0.2) is 4.39 Å². The van der Waals surface area contributed by atoms with Crippen molar-refractivity contribution in [1.82, 2.24) is 5.32 Å². The first-order valence-corrected chi connectivity index (χ1v) is 8.31. The van der Waals surface area contributed by atoms with Crippen LogP contribution >= 0.6 is 11.8 Å². The number of hydrogen-bond acceptors (Lipinski definition) is 3. The van der Waals surface area contributed by atoms with Gasteiger partial charge in [-0.2, -0.15) is 0 Å². The molecule has 2 nitrogen and oxygen atoms in total. The lowest BCUT2D eigenvalue weighted by atomic mass is 10.2. The lowest BCUT2D eigenvalue weighted by Gasteiger charge is -2.14. The van der Waals surface area contributed by atoms with Crippen molar-refractivity contribution in [2.45, 2.75) is 30.3 Å². The zero-order valence-corrected chi connectivity index (χ0v) is 12.8. The van der Waals surface area contributed by atoms with Crippen LogP contribution < -0.4 is 10.1 Å². The third kappa shape index (κ3) is 3.77. The Hall–Kier alpha value is -1.52. The number of halogens is 1. The van der Waals surface area contributed by atoms with Crippen LogP contribution in [0.5, 0.6) is 11.5 Å². The third-order valence-corrected chi connectivity index (χ3v) is 4.25. The number of nitrogens with one attached hydrogen (secondary N) is 1. The molecule has 2 aromatic rings. The fourth-order valence-corrected chi connectivity index (χ4v) is 2.67. The van der Waals surface area contributed by atoms with E-state index in [4.69, 9.17) is 4.74 Å². The van der Waals surface area contributed by atoms with Crippen molar-refractivity contribution in [3.63, 3.8) is 0 Å². The van der Waals surface area contributed by atoms with Crippen LogP contribution in [0.2, 0.25) is 0 Å². The van der Waals surface area contributed by atoms with E-state index in [0.29, 0.717) is 18.3 Å². The summed E-state index contributed by atoms with van der Waals surface area (Å²) < 4.78 is 19.5. The molecule has 0 unspecified atom stereocenters. The Morgan fingerprint density at radius 2 is 2.00 bits per heavy atom. The van der Waals surface area contributed by atoms with E-state index in [-0.39, 0.29) is 5.82 Å². The maximum absolute atomic E-state index is 13.5. The highest BCUT2D eigenvalue weighted by molar-refractivity contribution is 7.98. The topological polar surface area (TPSA) is 21.3 Å². The SMILES string of the molecule is CSc1ccccc1Oc1ccc(F)cc1CNC1CC1. The molecule has 0 amide bonds. The highest BCUT2D eigenvalue weighted by atomic mass is 32.2. The molecule has 1 N–H and O–H groups in total. The Morgan fingerprint density at radius 3 is 2.76 bits per heavy atom. The zero-order valence-electron chi connectivity index (χ0n) is 11.9. The van der Waals surface area contributed by atoms with E-state index in [0.717, 1.165) is 16.2 Å². The monoisotopic (exact) mass is 303 g/mol. The summed E-state index contributed by atoms with van der Waals surface area (Å²) in [6, 6.07) is 13.2. The molecule has 0 spiro atoms. The molecule has 0 bridgehead atoms. The number of benzene rings is 2. The molecule has 1 saturated carbocycles. The molecule has 3 rings (SSSR count). The van der Waals surface area contributed by atoms with Gasteiger partial charge in [-0.3, -0.25) is 0 Å². The maximum atomic E-state index is 13.5. The Bertz CT molecular complexity index is 628. The highest BCUT2D eigenvalue weighted by Crippen LogP contribution is 2.33. The molecule has 21 heavy (non-hydrogen) atoms. The smallest absolute Gasteiger partial charge is 0.140 e. The fraction of sp³-hybridized carbons (Fsp3) is 0.294. The summed E-state index contributed by atoms with van der Waals surface area (Å²) in [6.45, 7) is 0.638. The predicted molar refractivity (Wildman–Crippen MR) is 84.6 cm³/mol. The lowest BCUT2D eigenvalue weighted by molar-refractivity contribution is 0.459. The minimum atomic E-state index is -0.229. The second kappa shape index (κ2) is 6.50. The van der Waals surface area contributed by atoms with E-state index >= 15 is 0 Å². The molecule has 1 fully saturated rings. The van der Waals surface area contributed by atoms with Crippen molar-refractivity contribution in [1.29, 1.82) is 0 Å². The predicted octanol–water partition coefficient (Wildman–Crippen LogP) is 4.59. The van der Waals surface area contributed by atoms with E-state index in [2.05, 4.69) is 5.32 Å². The van der Waals surface area contributed by atoms with Gasteiger partial charge >= 0.3 is 0 Å². The first-order chi connectivity index (χ1) is 10.3. The minimum Gasteiger partial charge on any atom is -0.456 e. The molecular formula is C17H18FNOS. The van der Waals surface area contributed by atoms with E-state index in [1.165, 1.54) is 18.9 Å². The lowest BCUT2D eigenvalue weighted by Crippen LogP contribution is -2.16. The molecule has 0 atom stereocenters. The van der Waals surface area contributed by atoms with Gasteiger partial charge in [-0.1, -0.05) is 12.1 Å². The van der Waals surface area contributed by atoms with Crippen LogP contribution in [0.1, 0.15) is 18.4 Å². The van der Waals surface area contributed by atoms with Gasteiger partial charge in [0, 0.05) is 23.0 Å². The molecule has 0 heterocycles. The van der Waals surface area contributed by atoms with Crippen LogP contribution in [0.15, 0.2) is 47.4 Å². The van der Waals surface area contributed by atoms with Gasteiger partial charge in [-0.05, 0) is 49.4 Å². The fourth-order valence-electron chi connectivity index (χ4n) is 2.15. The summed E-state index contributed by atoms with van der Waals surface area (Å²) in [4.78, 5) is 1.07. The minimum absolute atomic E-state index is 0.229. The van der Waals surface area contributed by atoms with Crippen molar-refractivity contribution in [3.05, 3.63) is 53.8 Å². The summed E-state index contributed by atoms with van der Waals surface area (Å²) in [5.41, 5.74) is 0.859. The van der Waals surface area contributed by atoms with E-state index in [9.17, 15) is 4.39 Å². The summed E-state index contributed by atoms with van der Waals surface area (Å²) in [6.07, 6.45) is 4.43. The number of thioether (sulfide) groups is 1. The van der Waals surface area contributed by atoms with Gasteiger partial charge in [0.05, 0.1) is 0 Å². The molecule has 1 aliphatic rings. The van der Waals surface area contributed by atoms with Crippen LogP contribution in [0.4, 0.5) is 4.39 Å². The quantitative estimate of drug-likeness (QED) is 0.789. The van der Waals surface area contributed by atoms with Gasteiger partial charge < -0.3 is 10.1 Å². The molecule has 4 heteroatoms. The van der Waals surface area contributed by atoms with E-state index in [1.54, 1.807) is 23.9 Å². The number of rotatable bonds is 6. The second-order valence-corrected chi connectivity index (χ2v) is 6.01. The van der Waals surface area contributed by atoms with Crippen molar-refractivity contribution >= 4 is 11.8 Å². The van der Waals surface area contributed by atoms with Crippen molar-refractivity contribution in [3.8, 4) is 11.5 Å². The van der Waals surface area contributed by atoms with Crippen molar-refractivity contribution in [2.75, 3.05) is 6.26 Å². The standard InChI is InChI=1S/C17H18FNOS/c1-21-17-5-3-2-4-16(17)20-15-9-6-13(18)10-12(15)11-19-14-7-8-14/h2-6,9-10,14,19H,7-8,11H2,1H3. The molecule has 0 saturated heterocycles. The normalized spacial score (nSPS) is 14.2. The highest BCUT2D eigenvalue weighted by Gasteiger charge is 2.21. The van der Waals surface area contributed by atoms with Crippen molar-refractivity contribution in [2.24, 2.45) is 0 Å². The Balaban J connectivity index is 1.82. The van der Waals surface area contributed by atoms with Gasteiger partial charge in [0.1, 0.15) is 17.3 Å². The number of hydrogen-bond donors (Lipinski definition) is 1. The average molecular weight is 303 g/mol. The second-order valence-electron chi connectivity index (χ2n) is 5.16. The van der Waals surface area contributed by atoms with Crippen molar-refractivity contribution < 1.29 is 9.13 Å². The van der Waals surface area contributed by atoms with Crippen LogP contribution in [-0.2, 0) is 6.54 Å². The summed E-state index contributed by atoms with van der Waals surface area (Å²) in [5, 5.41) is 3.40. The third-order valence-electron chi connectivity index (χ3n) is 3.47. The van der Waals surface area contributed by atoms with Crippen LogP contribution in [-0.4, -0.2) is 12.3 Å². The van der Waals surface area contributed by atoms with Crippen LogP contribution in [0.25, 0.3) is 0 Å². The summed E-state index contributed by atoms with van der Waals surface area (Å²) in [7, 11) is 0. The summed E-state index contributed by atoms with van der Waals surface area (Å²) in [5.74, 6) is 1.29. The first-order valence-electron chi connectivity index (χ1n) is 7.09. The largest absolute Gasteiger partial charge is 0.456 e. The molecule has 0 aromatic heterocycles. The Morgan fingerprint density at radius 1 is 1.19 bits per heavy atom. The van der Waals surface area contributed by atoms with Crippen LogP contribution in [0.3, 0.4) is 0 Å². The molecule has 0 radical (unpaired) electrons. The van der Waals surface area contributed by atoms with Gasteiger partial charge in [0.25, 0.3) is 0 Å². The molecule has 2 aromatic carbocycles. The maximum Gasteiger partial charge on any atom is 0.140 e. The van der Waals surface area contributed by atoms with Gasteiger partial charge in [0.15, 0.2) is 0 Å². The molecule has 0 aliphatic heterocycles. The first kappa shape index (κ1) is 14.4. The molecule has 1 aliphatic carbocycles. The van der Waals surface area contributed by atoms with Gasteiger partial charge in [-0.15, -0.1) is 11.8 Å². The molecule has 110 valence electrons. The number of ether oxygens (including phenoxy) is 1. The summed E-state index contributed by atoms with van der Waals surface area (Å²) >= 11 is 1.64. The van der Waals surface area contributed by atoms with E-state index in [1.807, 2.05) is 30.5 Å². The Labute approximate surface area is 128 Å². The van der Waals surface area contributed by atoms with Gasteiger partial charge in [0.2, 0.25) is 0 Å². The molecular weight excluding hydrogens is 285 g/mol. The number of para-hydroxylation sites is 1. The van der Waals surface area contributed by atoms with E-state index < -0.39 is 0 Å². The average Bonchev–Trinajstić information content (AvgIpc) is 3.32. The zero-order chi connectivity index (χ0) is 14.7. The Kier molecular flexibility index (Phi) is 4.46. The van der Waals surface area contributed by atoms with Crippen LogP contribution in [0, 0.1) is 5.82 Å².